The van der Waals surface area contributed by atoms with Crippen LogP contribution in [-0.2, 0) is 4.79 Å². The minimum absolute atomic E-state index is 0.118. The zero-order chi connectivity index (χ0) is 13.8. The van der Waals surface area contributed by atoms with Crippen LogP contribution in [0.2, 0.25) is 0 Å². The fourth-order valence-corrected chi connectivity index (χ4v) is 1.71. The molecule has 8 nitrogen and oxygen atoms in total. The van der Waals surface area contributed by atoms with Crippen LogP contribution >= 0.6 is 0 Å². The smallest absolute Gasteiger partial charge is 0.323 e. The fourth-order valence-electron chi connectivity index (χ4n) is 1.71. The predicted octanol–water partition coefficient (Wildman–Crippen LogP) is -0.423. The van der Waals surface area contributed by atoms with Gasteiger partial charge in [-0.1, -0.05) is 0 Å². The van der Waals surface area contributed by atoms with Crippen LogP contribution in [0.4, 0.5) is 5.82 Å². The molecule has 2 rings (SSSR count). The maximum atomic E-state index is 11.0. The second kappa shape index (κ2) is 5.61. The van der Waals surface area contributed by atoms with Crippen molar-refractivity contribution in [2.45, 2.75) is 0 Å². The summed E-state index contributed by atoms with van der Waals surface area (Å²) in [7, 11) is 3.87. The Morgan fingerprint density at radius 2 is 2.21 bits per heavy atom. The number of rotatable bonds is 6. The average Bonchev–Trinajstić information content (AvgIpc) is 2.81. The van der Waals surface area contributed by atoms with Crippen LogP contribution < -0.4 is 4.90 Å². The van der Waals surface area contributed by atoms with Crippen molar-refractivity contribution in [3.8, 4) is 0 Å². The molecule has 0 saturated carbocycles. The summed E-state index contributed by atoms with van der Waals surface area (Å²) in [5.41, 5.74) is 0.558. The second-order valence-corrected chi connectivity index (χ2v) is 4.43. The lowest BCUT2D eigenvalue weighted by molar-refractivity contribution is -0.135. The van der Waals surface area contributed by atoms with Gasteiger partial charge >= 0.3 is 5.97 Å². The van der Waals surface area contributed by atoms with Crippen molar-refractivity contribution in [3.63, 3.8) is 0 Å². The molecule has 0 radical (unpaired) electrons. The van der Waals surface area contributed by atoms with Gasteiger partial charge in [-0.05, 0) is 14.1 Å². The maximum Gasteiger partial charge on any atom is 0.323 e. The summed E-state index contributed by atoms with van der Waals surface area (Å²) in [6.45, 7) is 1.16. The lowest BCUT2D eigenvalue weighted by Gasteiger charge is -2.23. The van der Waals surface area contributed by atoms with E-state index in [1.165, 1.54) is 0 Å². The van der Waals surface area contributed by atoms with E-state index in [0.717, 1.165) is 6.54 Å². The molecule has 0 aliphatic carbocycles. The molecule has 2 heterocycles. The van der Waals surface area contributed by atoms with Crippen molar-refractivity contribution >= 4 is 17.4 Å². The van der Waals surface area contributed by atoms with Crippen molar-refractivity contribution < 1.29 is 9.90 Å². The number of hydrogen-bond donors (Lipinski definition) is 1. The van der Waals surface area contributed by atoms with Crippen LogP contribution in [0.3, 0.4) is 0 Å². The third-order valence-corrected chi connectivity index (χ3v) is 2.64. The molecule has 0 atom stereocenters. The second-order valence-electron chi connectivity index (χ2n) is 4.43. The van der Waals surface area contributed by atoms with E-state index in [1.54, 1.807) is 28.0 Å². The van der Waals surface area contributed by atoms with Gasteiger partial charge in [0, 0.05) is 25.5 Å². The molecular formula is C11H16N6O2. The number of aromatic nitrogens is 4. The Balaban J connectivity index is 2.30. The Kier molecular flexibility index (Phi) is 3.91. The first kappa shape index (κ1) is 13.2. The molecule has 1 N–H and O–H groups in total. The normalized spacial score (nSPS) is 11.1. The summed E-state index contributed by atoms with van der Waals surface area (Å²) in [5.74, 6) is -0.369. The molecule has 8 heteroatoms. The first-order valence-corrected chi connectivity index (χ1v) is 5.83. The number of carbonyl (C=O) groups is 1. The minimum Gasteiger partial charge on any atom is -0.480 e. The number of hydrogen-bond acceptors (Lipinski definition) is 6. The first-order chi connectivity index (χ1) is 9.08. The molecule has 0 aromatic carbocycles. The van der Waals surface area contributed by atoms with Crippen LogP contribution in [0, 0.1) is 0 Å². The van der Waals surface area contributed by atoms with Gasteiger partial charge in [0.1, 0.15) is 12.9 Å². The van der Waals surface area contributed by atoms with Gasteiger partial charge in [0.25, 0.3) is 0 Å². The van der Waals surface area contributed by atoms with Gasteiger partial charge in [-0.3, -0.25) is 9.20 Å². The van der Waals surface area contributed by atoms with E-state index in [1.807, 2.05) is 19.0 Å². The number of carboxylic acid groups (broad SMARTS) is 1. The number of anilines is 1. The molecule has 0 spiro atoms. The van der Waals surface area contributed by atoms with Gasteiger partial charge in [-0.2, -0.15) is 0 Å². The van der Waals surface area contributed by atoms with Crippen molar-refractivity contribution in [2.75, 3.05) is 38.6 Å². The van der Waals surface area contributed by atoms with Crippen molar-refractivity contribution in [2.24, 2.45) is 0 Å². The van der Waals surface area contributed by atoms with E-state index in [9.17, 15) is 4.79 Å². The molecule has 0 bridgehead atoms. The molecule has 0 aliphatic rings. The van der Waals surface area contributed by atoms with E-state index in [-0.39, 0.29) is 6.54 Å². The Morgan fingerprint density at radius 3 is 2.89 bits per heavy atom. The summed E-state index contributed by atoms with van der Waals surface area (Å²) in [6, 6.07) is 0. The molecule has 0 fully saturated rings. The Morgan fingerprint density at radius 1 is 1.42 bits per heavy atom. The molecular weight excluding hydrogens is 248 g/mol. The fraction of sp³-hybridized carbons (Fsp3) is 0.455. The third kappa shape index (κ3) is 3.16. The van der Waals surface area contributed by atoms with E-state index >= 15 is 0 Å². The van der Waals surface area contributed by atoms with Crippen LogP contribution in [0.15, 0.2) is 18.7 Å². The topological polar surface area (TPSA) is 86.9 Å². The summed E-state index contributed by atoms with van der Waals surface area (Å²) in [4.78, 5) is 18.9. The van der Waals surface area contributed by atoms with Gasteiger partial charge < -0.3 is 14.9 Å². The van der Waals surface area contributed by atoms with E-state index in [4.69, 9.17) is 5.11 Å². The monoisotopic (exact) mass is 264 g/mol. The molecule has 2 aromatic heterocycles. The summed E-state index contributed by atoms with van der Waals surface area (Å²) < 4.78 is 1.72. The highest BCUT2D eigenvalue weighted by Gasteiger charge is 2.16. The quantitative estimate of drug-likeness (QED) is 0.758. The standard InChI is InChI=1S/C11H16N6O2/c1-15(2)5-6-16(7-9(18)19)10-11-14-13-8-17(11)4-3-12-10/h3-4,8H,5-7H2,1-2H3,(H,18,19). The molecule has 0 unspecified atom stereocenters. The highest BCUT2D eigenvalue weighted by atomic mass is 16.4. The van der Waals surface area contributed by atoms with Gasteiger partial charge in [0.05, 0.1) is 0 Å². The number of nitrogens with zero attached hydrogens (tertiary/aromatic N) is 6. The van der Waals surface area contributed by atoms with E-state index < -0.39 is 5.97 Å². The van der Waals surface area contributed by atoms with Gasteiger partial charge in [0.2, 0.25) is 5.65 Å². The van der Waals surface area contributed by atoms with Crippen molar-refractivity contribution in [1.29, 1.82) is 0 Å². The molecule has 0 amide bonds. The zero-order valence-corrected chi connectivity index (χ0v) is 10.9. The van der Waals surface area contributed by atoms with Crippen molar-refractivity contribution in [3.05, 3.63) is 18.7 Å². The zero-order valence-electron chi connectivity index (χ0n) is 10.9. The third-order valence-electron chi connectivity index (χ3n) is 2.64. The average molecular weight is 264 g/mol. The summed E-state index contributed by atoms with van der Waals surface area (Å²) in [6.07, 6.45) is 4.89. The largest absolute Gasteiger partial charge is 0.480 e. The highest BCUT2D eigenvalue weighted by Crippen LogP contribution is 2.15. The minimum atomic E-state index is -0.901. The highest BCUT2D eigenvalue weighted by molar-refractivity contribution is 5.76. The van der Waals surface area contributed by atoms with E-state index in [2.05, 4.69) is 15.2 Å². The Labute approximate surface area is 110 Å². The molecule has 0 saturated heterocycles. The van der Waals surface area contributed by atoms with Gasteiger partial charge in [0.15, 0.2) is 5.82 Å². The maximum absolute atomic E-state index is 11.0. The lowest BCUT2D eigenvalue weighted by atomic mass is 10.4. The number of aliphatic carboxylic acids is 1. The number of likely N-dealkylation sites (N-methyl/N-ethyl adjacent to an activating group) is 1. The predicted molar refractivity (Wildman–Crippen MR) is 69.2 cm³/mol. The van der Waals surface area contributed by atoms with Crippen LogP contribution in [0.25, 0.3) is 5.65 Å². The van der Waals surface area contributed by atoms with Crippen LogP contribution in [0.5, 0.6) is 0 Å². The number of carboxylic acids is 1. The molecule has 2 aromatic rings. The van der Waals surface area contributed by atoms with Crippen LogP contribution in [-0.4, -0.2) is 69.3 Å². The first-order valence-electron chi connectivity index (χ1n) is 5.83. The molecule has 102 valence electrons. The SMILES string of the molecule is CN(C)CCN(CC(=O)O)c1nccn2cnnc12. The van der Waals surface area contributed by atoms with Gasteiger partial charge in [-0.25, -0.2) is 4.98 Å². The Hall–Kier alpha value is -2.22. The van der Waals surface area contributed by atoms with Crippen molar-refractivity contribution in [1.82, 2.24) is 24.5 Å². The molecule has 0 aliphatic heterocycles. The van der Waals surface area contributed by atoms with Crippen LogP contribution in [0.1, 0.15) is 0 Å². The number of fused-ring (bicyclic) bond motifs is 1. The lowest BCUT2D eigenvalue weighted by Crippen LogP contribution is -2.36. The Bertz CT molecular complexity index is 567. The van der Waals surface area contributed by atoms with E-state index in [0.29, 0.717) is 18.0 Å². The van der Waals surface area contributed by atoms with Gasteiger partial charge in [-0.15, -0.1) is 10.2 Å². The summed E-state index contributed by atoms with van der Waals surface area (Å²) >= 11 is 0. The summed E-state index contributed by atoms with van der Waals surface area (Å²) in [5, 5.41) is 16.8. The molecule has 19 heavy (non-hydrogen) atoms.